The van der Waals surface area contributed by atoms with Crippen molar-refractivity contribution < 1.29 is 19.1 Å². The van der Waals surface area contributed by atoms with E-state index in [0.717, 1.165) is 11.1 Å². The predicted molar refractivity (Wildman–Crippen MR) is 152 cm³/mol. The Balaban J connectivity index is 2.64. The SMILES string of the molecule is C#Cc1ccccc1C(C(=O)Nc1c(C)cccc1C)N(CC#N)C(=O)C(NC(=O)OC(C)(C)C)C(C)CC. The van der Waals surface area contributed by atoms with E-state index in [4.69, 9.17) is 11.2 Å². The molecule has 206 valence electrons. The van der Waals surface area contributed by atoms with Crippen molar-refractivity contribution in [1.29, 1.82) is 5.26 Å². The fourth-order valence-electron chi connectivity index (χ4n) is 4.19. The third kappa shape index (κ3) is 8.09. The summed E-state index contributed by atoms with van der Waals surface area (Å²) in [6.07, 6.45) is 5.55. The van der Waals surface area contributed by atoms with Crippen LogP contribution in [0.25, 0.3) is 0 Å². The van der Waals surface area contributed by atoms with Crippen molar-refractivity contribution in [3.8, 4) is 18.4 Å². The number of anilines is 1. The van der Waals surface area contributed by atoms with Gasteiger partial charge in [0.05, 0.1) is 6.07 Å². The summed E-state index contributed by atoms with van der Waals surface area (Å²) in [6.45, 7) is 12.2. The Hall–Kier alpha value is -4.30. The standard InChI is InChI=1S/C31H38N4O4/c1-9-20(3)26(34-30(38)39-31(6,7)8)29(37)35(19-18-32)27(24-17-12-11-16-23(24)10-2)28(36)33-25-21(4)14-13-15-22(25)5/h2,11-17,20,26-27H,9,19H2,1,3-8H3,(H,33,36)(H,34,38). The summed E-state index contributed by atoms with van der Waals surface area (Å²) in [5, 5.41) is 15.4. The molecule has 0 bridgehead atoms. The van der Waals surface area contributed by atoms with Crippen molar-refractivity contribution in [2.75, 3.05) is 11.9 Å². The number of terminal acetylenes is 1. The minimum atomic E-state index is -1.24. The number of ether oxygens (including phenoxy) is 1. The van der Waals surface area contributed by atoms with Crippen LogP contribution in [0.3, 0.4) is 0 Å². The van der Waals surface area contributed by atoms with Crippen LogP contribution in [0.1, 0.15) is 69.3 Å². The van der Waals surface area contributed by atoms with Gasteiger partial charge in [-0.05, 0) is 63.3 Å². The van der Waals surface area contributed by atoms with Crippen LogP contribution in [0.5, 0.6) is 0 Å². The molecule has 0 fully saturated rings. The first-order valence-electron chi connectivity index (χ1n) is 12.9. The number of hydrogen-bond donors (Lipinski definition) is 2. The maximum Gasteiger partial charge on any atom is 0.408 e. The van der Waals surface area contributed by atoms with E-state index in [0.29, 0.717) is 23.2 Å². The van der Waals surface area contributed by atoms with Crippen molar-refractivity contribution in [3.05, 3.63) is 64.7 Å². The second kappa shape index (κ2) is 13.5. The number of nitrogens with zero attached hydrogens (tertiary/aromatic N) is 2. The fourth-order valence-corrected chi connectivity index (χ4v) is 4.19. The van der Waals surface area contributed by atoms with Crippen molar-refractivity contribution >= 4 is 23.6 Å². The first kappa shape index (κ1) is 30.9. The number of benzene rings is 2. The Labute approximate surface area is 231 Å². The Morgan fingerprint density at radius 1 is 1.08 bits per heavy atom. The van der Waals surface area contributed by atoms with Crippen molar-refractivity contribution in [2.45, 2.75) is 72.6 Å². The smallest absolute Gasteiger partial charge is 0.408 e. The van der Waals surface area contributed by atoms with E-state index in [1.807, 2.05) is 52.0 Å². The molecule has 0 aliphatic carbocycles. The monoisotopic (exact) mass is 530 g/mol. The van der Waals surface area contributed by atoms with E-state index in [1.54, 1.807) is 45.0 Å². The second-order valence-electron chi connectivity index (χ2n) is 10.5. The van der Waals surface area contributed by atoms with Crippen LogP contribution >= 0.6 is 0 Å². The molecular formula is C31H38N4O4. The van der Waals surface area contributed by atoms with Crippen LogP contribution in [0.15, 0.2) is 42.5 Å². The number of carbonyl (C=O) groups is 3. The summed E-state index contributed by atoms with van der Waals surface area (Å²) in [5.74, 6) is 1.14. The Bertz CT molecular complexity index is 1260. The lowest BCUT2D eigenvalue weighted by Crippen LogP contribution is -2.55. The molecule has 2 aromatic rings. The third-order valence-electron chi connectivity index (χ3n) is 6.38. The first-order valence-corrected chi connectivity index (χ1v) is 12.9. The minimum Gasteiger partial charge on any atom is -0.444 e. The van der Waals surface area contributed by atoms with Crippen LogP contribution in [0.4, 0.5) is 10.5 Å². The molecule has 39 heavy (non-hydrogen) atoms. The molecule has 0 spiro atoms. The van der Waals surface area contributed by atoms with E-state index >= 15 is 0 Å². The summed E-state index contributed by atoms with van der Waals surface area (Å²) >= 11 is 0. The van der Waals surface area contributed by atoms with Gasteiger partial charge in [0.25, 0.3) is 5.91 Å². The van der Waals surface area contributed by atoms with E-state index in [-0.39, 0.29) is 5.92 Å². The van der Waals surface area contributed by atoms with E-state index < -0.39 is 42.1 Å². The van der Waals surface area contributed by atoms with Gasteiger partial charge in [0, 0.05) is 11.3 Å². The lowest BCUT2D eigenvalue weighted by molar-refractivity contribution is -0.141. The van der Waals surface area contributed by atoms with Crippen LogP contribution in [0.2, 0.25) is 0 Å². The number of amides is 3. The van der Waals surface area contributed by atoms with Gasteiger partial charge in [0.1, 0.15) is 24.2 Å². The van der Waals surface area contributed by atoms with E-state index in [1.165, 1.54) is 4.90 Å². The molecule has 3 atom stereocenters. The first-order chi connectivity index (χ1) is 18.3. The average Bonchev–Trinajstić information content (AvgIpc) is 2.87. The zero-order chi connectivity index (χ0) is 29.3. The number of carbonyl (C=O) groups excluding carboxylic acids is 3. The molecule has 0 saturated heterocycles. The second-order valence-corrected chi connectivity index (χ2v) is 10.5. The maximum absolute atomic E-state index is 14.1. The van der Waals surface area contributed by atoms with Gasteiger partial charge < -0.3 is 20.3 Å². The Morgan fingerprint density at radius 2 is 1.69 bits per heavy atom. The van der Waals surface area contributed by atoms with Crippen molar-refractivity contribution in [2.24, 2.45) is 5.92 Å². The number of para-hydroxylation sites is 1. The zero-order valence-electron chi connectivity index (χ0n) is 23.8. The van der Waals surface area contributed by atoms with E-state index in [2.05, 4.69) is 16.6 Å². The fraction of sp³-hybridized carbons (Fsp3) is 0.419. The molecule has 0 aliphatic heterocycles. The van der Waals surface area contributed by atoms with Crippen LogP contribution < -0.4 is 10.6 Å². The average molecular weight is 531 g/mol. The molecule has 0 saturated carbocycles. The van der Waals surface area contributed by atoms with Crippen molar-refractivity contribution in [3.63, 3.8) is 0 Å². The number of nitriles is 1. The van der Waals surface area contributed by atoms with Gasteiger partial charge in [0.2, 0.25) is 5.91 Å². The van der Waals surface area contributed by atoms with Crippen molar-refractivity contribution in [1.82, 2.24) is 10.2 Å². The molecule has 0 aromatic heterocycles. The highest BCUT2D eigenvalue weighted by atomic mass is 16.6. The summed E-state index contributed by atoms with van der Waals surface area (Å²) in [5.41, 5.74) is 2.33. The summed E-state index contributed by atoms with van der Waals surface area (Å²) < 4.78 is 5.40. The molecule has 3 unspecified atom stereocenters. The molecule has 0 aliphatic rings. The molecule has 2 aromatic carbocycles. The van der Waals surface area contributed by atoms with Gasteiger partial charge >= 0.3 is 6.09 Å². The number of hydrogen-bond acceptors (Lipinski definition) is 5. The number of alkyl carbamates (subject to hydrolysis) is 1. The minimum absolute atomic E-state index is 0.323. The molecule has 3 amide bonds. The number of rotatable bonds is 9. The quantitative estimate of drug-likeness (QED) is 0.339. The highest BCUT2D eigenvalue weighted by Crippen LogP contribution is 2.29. The molecule has 0 radical (unpaired) electrons. The zero-order valence-corrected chi connectivity index (χ0v) is 23.8. The summed E-state index contributed by atoms with van der Waals surface area (Å²) in [7, 11) is 0. The van der Waals surface area contributed by atoms with Crippen LogP contribution in [-0.4, -0.2) is 41.0 Å². The number of aryl methyl sites for hydroxylation is 2. The summed E-state index contributed by atoms with van der Waals surface area (Å²) in [6, 6.07) is 12.1. The van der Waals surface area contributed by atoms with Gasteiger partial charge in [0.15, 0.2) is 0 Å². The van der Waals surface area contributed by atoms with Gasteiger partial charge in [-0.15, -0.1) is 6.42 Å². The molecule has 0 heterocycles. The topological polar surface area (TPSA) is 112 Å². The number of nitrogens with one attached hydrogen (secondary N) is 2. The largest absolute Gasteiger partial charge is 0.444 e. The highest BCUT2D eigenvalue weighted by molar-refractivity contribution is 6.00. The lowest BCUT2D eigenvalue weighted by Gasteiger charge is -2.35. The maximum atomic E-state index is 14.1. The predicted octanol–water partition coefficient (Wildman–Crippen LogP) is 5.26. The molecule has 2 N–H and O–H groups in total. The molecule has 8 heteroatoms. The van der Waals surface area contributed by atoms with Gasteiger partial charge in [-0.3, -0.25) is 9.59 Å². The van der Waals surface area contributed by atoms with E-state index in [9.17, 15) is 19.6 Å². The van der Waals surface area contributed by atoms with Gasteiger partial charge in [-0.25, -0.2) is 4.79 Å². The lowest BCUT2D eigenvalue weighted by atomic mass is 9.94. The molecule has 8 nitrogen and oxygen atoms in total. The third-order valence-corrected chi connectivity index (χ3v) is 6.38. The summed E-state index contributed by atoms with van der Waals surface area (Å²) in [4.78, 5) is 42.0. The van der Waals surface area contributed by atoms with Crippen LogP contribution in [0, 0.1) is 43.4 Å². The Kier molecular flexibility index (Phi) is 10.7. The molecular weight excluding hydrogens is 492 g/mol. The van der Waals surface area contributed by atoms with Crippen LogP contribution in [-0.2, 0) is 14.3 Å². The van der Waals surface area contributed by atoms with Gasteiger partial charge in [-0.1, -0.05) is 62.6 Å². The molecule has 2 rings (SSSR count). The normalized spacial score (nSPS) is 13.2. The Morgan fingerprint density at radius 3 is 2.23 bits per heavy atom. The van der Waals surface area contributed by atoms with Gasteiger partial charge in [-0.2, -0.15) is 5.26 Å². The highest BCUT2D eigenvalue weighted by Gasteiger charge is 2.39.